The molecule has 26 heavy (non-hydrogen) atoms. The molecule has 0 bridgehead atoms. The maximum atomic E-state index is 12.9. The molecule has 0 aliphatic heterocycles. The Morgan fingerprint density at radius 2 is 1.69 bits per heavy atom. The van der Waals surface area contributed by atoms with Crippen molar-refractivity contribution >= 4 is 11.8 Å². The van der Waals surface area contributed by atoms with Crippen LogP contribution in [0.3, 0.4) is 0 Å². The van der Waals surface area contributed by atoms with Gasteiger partial charge in [0.1, 0.15) is 10.8 Å². The number of halogens is 1. The van der Waals surface area contributed by atoms with Crippen molar-refractivity contribution in [2.45, 2.75) is 10.8 Å². The molecule has 2 aromatic heterocycles. The monoisotopic (exact) mass is 362 g/mol. The van der Waals surface area contributed by atoms with Gasteiger partial charge in [-0.1, -0.05) is 36.0 Å². The lowest BCUT2D eigenvalue weighted by molar-refractivity contribution is 0.627. The highest BCUT2D eigenvalue weighted by molar-refractivity contribution is 7.98. The topological polar surface area (TPSA) is 43.6 Å². The van der Waals surface area contributed by atoms with Gasteiger partial charge in [-0.05, 0) is 48.0 Å². The standard InChI is InChI=1S/C20H15FN4S/c21-17-6-2-15(3-7-17)14-26-20-11-10-19(23-24-20)16-4-8-18(9-5-16)25-13-1-12-22-25/h1-13H,14H2. The van der Waals surface area contributed by atoms with Crippen molar-refractivity contribution < 1.29 is 4.39 Å². The summed E-state index contributed by atoms with van der Waals surface area (Å²) in [7, 11) is 0. The first-order valence-corrected chi connectivity index (χ1v) is 9.08. The molecule has 4 nitrogen and oxygen atoms in total. The summed E-state index contributed by atoms with van der Waals surface area (Å²) >= 11 is 1.58. The Morgan fingerprint density at radius 1 is 0.885 bits per heavy atom. The van der Waals surface area contributed by atoms with E-state index >= 15 is 0 Å². The Hall–Kier alpha value is -2.99. The van der Waals surface area contributed by atoms with Crippen LogP contribution in [0.25, 0.3) is 16.9 Å². The Kier molecular flexibility index (Phi) is 4.75. The summed E-state index contributed by atoms with van der Waals surface area (Å²) in [6, 6.07) is 20.3. The third kappa shape index (κ3) is 3.81. The Labute approximate surface area is 154 Å². The number of nitrogens with zero attached hydrogens (tertiary/aromatic N) is 4. The minimum Gasteiger partial charge on any atom is -0.241 e. The van der Waals surface area contributed by atoms with Crippen LogP contribution in [0.1, 0.15) is 5.56 Å². The number of rotatable bonds is 5. The molecule has 0 spiro atoms. The maximum Gasteiger partial charge on any atom is 0.123 e. The number of hydrogen-bond donors (Lipinski definition) is 0. The highest BCUT2D eigenvalue weighted by atomic mass is 32.2. The van der Waals surface area contributed by atoms with Crippen molar-refractivity contribution in [3.8, 4) is 16.9 Å². The van der Waals surface area contributed by atoms with Crippen molar-refractivity contribution in [3.05, 3.63) is 90.5 Å². The van der Waals surface area contributed by atoms with E-state index in [0.717, 1.165) is 33.3 Å². The van der Waals surface area contributed by atoms with E-state index in [4.69, 9.17) is 0 Å². The summed E-state index contributed by atoms with van der Waals surface area (Å²) in [6.45, 7) is 0. The molecule has 4 rings (SSSR count). The molecule has 0 N–H and O–H groups in total. The van der Waals surface area contributed by atoms with Gasteiger partial charge in [0.15, 0.2) is 0 Å². The molecule has 0 amide bonds. The van der Waals surface area contributed by atoms with Gasteiger partial charge in [0.2, 0.25) is 0 Å². The third-order valence-corrected chi connectivity index (χ3v) is 4.86. The van der Waals surface area contributed by atoms with Crippen LogP contribution in [-0.2, 0) is 5.75 Å². The van der Waals surface area contributed by atoms with Gasteiger partial charge in [-0.25, -0.2) is 9.07 Å². The number of aromatic nitrogens is 4. The first-order chi connectivity index (χ1) is 12.8. The van der Waals surface area contributed by atoms with Gasteiger partial charge in [-0.15, -0.1) is 10.2 Å². The predicted octanol–water partition coefficient (Wildman–Crippen LogP) is 4.76. The van der Waals surface area contributed by atoms with Crippen molar-refractivity contribution in [2.75, 3.05) is 0 Å². The minimum absolute atomic E-state index is 0.221. The van der Waals surface area contributed by atoms with Crippen LogP contribution < -0.4 is 0 Å². The molecule has 0 saturated carbocycles. The Bertz CT molecular complexity index is 966. The third-order valence-electron chi connectivity index (χ3n) is 3.87. The summed E-state index contributed by atoms with van der Waals surface area (Å²) in [4.78, 5) is 0. The second-order valence-electron chi connectivity index (χ2n) is 5.67. The van der Waals surface area contributed by atoms with E-state index in [-0.39, 0.29) is 5.82 Å². The van der Waals surface area contributed by atoms with Crippen molar-refractivity contribution in [2.24, 2.45) is 0 Å². The molecule has 128 valence electrons. The number of benzene rings is 2. The summed E-state index contributed by atoms with van der Waals surface area (Å²) < 4.78 is 14.7. The normalized spacial score (nSPS) is 10.8. The molecular formula is C20H15FN4S. The van der Waals surface area contributed by atoms with E-state index in [2.05, 4.69) is 15.3 Å². The van der Waals surface area contributed by atoms with E-state index in [9.17, 15) is 4.39 Å². The van der Waals surface area contributed by atoms with Gasteiger partial charge < -0.3 is 0 Å². The van der Waals surface area contributed by atoms with E-state index in [1.165, 1.54) is 12.1 Å². The highest BCUT2D eigenvalue weighted by Gasteiger charge is 2.04. The number of hydrogen-bond acceptors (Lipinski definition) is 4. The molecule has 0 atom stereocenters. The summed E-state index contributed by atoms with van der Waals surface area (Å²) in [6.07, 6.45) is 3.66. The van der Waals surface area contributed by atoms with Crippen molar-refractivity contribution in [1.29, 1.82) is 0 Å². The van der Waals surface area contributed by atoms with E-state index in [1.807, 2.05) is 53.3 Å². The van der Waals surface area contributed by atoms with Crippen LogP contribution in [-0.4, -0.2) is 20.0 Å². The molecule has 0 unspecified atom stereocenters. The van der Waals surface area contributed by atoms with Crippen molar-refractivity contribution in [1.82, 2.24) is 20.0 Å². The lowest BCUT2D eigenvalue weighted by Crippen LogP contribution is -1.94. The average Bonchev–Trinajstić information content (AvgIpc) is 3.23. The van der Waals surface area contributed by atoms with Crippen LogP contribution in [0.2, 0.25) is 0 Å². The van der Waals surface area contributed by atoms with Crippen molar-refractivity contribution in [3.63, 3.8) is 0 Å². The Morgan fingerprint density at radius 3 is 2.35 bits per heavy atom. The van der Waals surface area contributed by atoms with Gasteiger partial charge in [0, 0.05) is 23.7 Å². The van der Waals surface area contributed by atoms with Crippen LogP contribution in [0.5, 0.6) is 0 Å². The average molecular weight is 362 g/mol. The molecule has 0 saturated heterocycles. The van der Waals surface area contributed by atoms with Crippen LogP contribution in [0.4, 0.5) is 4.39 Å². The summed E-state index contributed by atoms with van der Waals surface area (Å²) in [5.41, 5.74) is 3.88. The van der Waals surface area contributed by atoms with Gasteiger partial charge in [-0.3, -0.25) is 0 Å². The van der Waals surface area contributed by atoms with E-state index in [1.54, 1.807) is 30.1 Å². The summed E-state index contributed by atoms with van der Waals surface area (Å²) in [5, 5.41) is 13.7. The number of thioether (sulfide) groups is 1. The summed E-state index contributed by atoms with van der Waals surface area (Å²) in [5.74, 6) is 0.508. The predicted molar refractivity (Wildman–Crippen MR) is 101 cm³/mol. The molecule has 2 aromatic carbocycles. The fourth-order valence-corrected chi connectivity index (χ4v) is 3.27. The molecule has 0 aliphatic carbocycles. The second kappa shape index (κ2) is 7.49. The van der Waals surface area contributed by atoms with E-state index < -0.39 is 0 Å². The van der Waals surface area contributed by atoms with Crippen LogP contribution in [0.15, 0.2) is 84.1 Å². The van der Waals surface area contributed by atoms with Gasteiger partial charge in [0.05, 0.1) is 11.4 Å². The molecule has 0 radical (unpaired) electrons. The van der Waals surface area contributed by atoms with Crippen LogP contribution >= 0.6 is 11.8 Å². The lowest BCUT2D eigenvalue weighted by atomic mass is 10.1. The molecule has 4 aromatic rings. The largest absolute Gasteiger partial charge is 0.241 e. The Balaban J connectivity index is 1.43. The zero-order valence-corrected chi connectivity index (χ0v) is 14.6. The zero-order chi connectivity index (χ0) is 17.8. The molecule has 2 heterocycles. The first-order valence-electron chi connectivity index (χ1n) is 8.09. The van der Waals surface area contributed by atoms with Gasteiger partial charge >= 0.3 is 0 Å². The quantitative estimate of drug-likeness (QED) is 0.480. The zero-order valence-electron chi connectivity index (χ0n) is 13.8. The molecular weight excluding hydrogens is 347 g/mol. The van der Waals surface area contributed by atoms with Crippen LogP contribution in [0, 0.1) is 5.82 Å². The fourth-order valence-electron chi connectivity index (χ4n) is 2.50. The highest BCUT2D eigenvalue weighted by Crippen LogP contribution is 2.23. The van der Waals surface area contributed by atoms with Gasteiger partial charge in [-0.2, -0.15) is 5.10 Å². The minimum atomic E-state index is -0.221. The maximum absolute atomic E-state index is 12.9. The molecule has 0 aliphatic rings. The molecule has 0 fully saturated rings. The lowest BCUT2D eigenvalue weighted by Gasteiger charge is -2.05. The molecule has 6 heteroatoms. The fraction of sp³-hybridized carbons (Fsp3) is 0.0500. The SMILES string of the molecule is Fc1ccc(CSc2ccc(-c3ccc(-n4cccn4)cc3)nn2)cc1. The van der Waals surface area contributed by atoms with Gasteiger partial charge in [0.25, 0.3) is 0 Å². The smallest absolute Gasteiger partial charge is 0.123 e. The second-order valence-corrected chi connectivity index (χ2v) is 6.67. The van der Waals surface area contributed by atoms with E-state index in [0.29, 0.717) is 0 Å². The first kappa shape index (κ1) is 16.5.